The molecule has 5 unspecified atom stereocenters. The Morgan fingerprint density at radius 2 is 1.92 bits per heavy atom. The molecule has 12 heavy (non-hydrogen) atoms. The molecule has 0 radical (unpaired) electrons. The zero-order valence-electron chi connectivity index (χ0n) is 6.55. The standard InChI is InChI=1S/C8H12O4/c9-5-2-3-1-4(8(11)12)6(5)7(3)10/h3-7,9-10H,1-2H2,(H,11,12). The fourth-order valence-corrected chi connectivity index (χ4v) is 2.64. The van der Waals surface area contributed by atoms with E-state index < -0.39 is 30.0 Å². The Kier molecular flexibility index (Phi) is 1.63. The van der Waals surface area contributed by atoms with Crippen molar-refractivity contribution in [3.8, 4) is 0 Å². The van der Waals surface area contributed by atoms with E-state index >= 15 is 0 Å². The lowest BCUT2D eigenvalue weighted by molar-refractivity contribution is -0.146. The highest BCUT2D eigenvalue weighted by atomic mass is 16.4. The van der Waals surface area contributed by atoms with Crippen LogP contribution in [0, 0.1) is 17.8 Å². The van der Waals surface area contributed by atoms with Crippen LogP contribution in [0.2, 0.25) is 0 Å². The first kappa shape index (κ1) is 8.01. The zero-order chi connectivity index (χ0) is 8.88. The summed E-state index contributed by atoms with van der Waals surface area (Å²) >= 11 is 0. The van der Waals surface area contributed by atoms with Gasteiger partial charge >= 0.3 is 5.97 Å². The van der Waals surface area contributed by atoms with Gasteiger partial charge in [0.15, 0.2) is 0 Å². The number of rotatable bonds is 1. The Morgan fingerprint density at radius 3 is 2.25 bits per heavy atom. The first-order valence-electron chi connectivity index (χ1n) is 4.20. The second-order valence-electron chi connectivity index (χ2n) is 3.81. The second-order valence-corrected chi connectivity index (χ2v) is 3.81. The van der Waals surface area contributed by atoms with Crippen molar-refractivity contribution in [3.63, 3.8) is 0 Å². The van der Waals surface area contributed by atoms with Crippen LogP contribution in [0.15, 0.2) is 0 Å². The maximum absolute atomic E-state index is 10.7. The van der Waals surface area contributed by atoms with Crippen LogP contribution >= 0.6 is 0 Å². The summed E-state index contributed by atoms with van der Waals surface area (Å²) in [6.45, 7) is 0. The number of aliphatic carboxylic acids is 1. The number of aliphatic hydroxyl groups is 2. The van der Waals surface area contributed by atoms with Crippen LogP contribution < -0.4 is 0 Å². The van der Waals surface area contributed by atoms with Crippen molar-refractivity contribution >= 4 is 5.97 Å². The molecule has 2 fully saturated rings. The molecule has 0 spiro atoms. The lowest BCUT2D eigenvalue weighted by Crippen LogP contribution is -2.32. The number of hydrogen-bond donors (Lipinski definition) is 3. The third kappa shape index (κ3) is 0.881. The zero-order valence-corrected chi connectivity index (χ0v) is 6.55. The first-order chi connectivity index (χ1) is 5.61. The molecule has 0 aromatic carbocycles. The molecule has 2 aliphatic rings. The van der Waals surface area contributed by atoms with Gasteiger partial charge in [0.05, 0.1) is 18.1 Å². The third-order valence-electron chi connectivity index (χ3n) is 3.20. The predicted molar refractivity (Wildman–Crippen MR) is 39.4 cm³/mol. The minimum Gasteiger partial charge on any atom is -0.481 e. The van der Waals surface area contributed by atoms with Crippen LogP contribution in [-0.2, 0) is 4.79 Å². The summed E-state index contributed by atoms with van der Waals surface area (Å²) in [5, 5.41) is 27.6. The van der Waals surface area contributed by atoms with Gasteiger partial charge in [-0.2, -0.15) is 0 Å². The highest BCUT2D eigenvalue weighted by Crippen LogP contribution is 2.48. The van der Waals surface area contributed by atoms with E-state index in [1.165, 1.54) is 0 Å². The van der Waals surface area contributed by atoms with Crippen LogP contribution in [0.4, 0.5) is 0 Å². The molecule has 2 aliphatic carbocycles. The molecule has 68 valence electrons. The third-order valence-corrected chi connectivity index (χ3v) is 3.20. The molecule has 2 rings (SSSR count). The largest absolute Gasteiger partial charge is 0.481 e. The van der Waals surface area contributed by atoms with Gasteiger partial charge in [0.1, 0.15) is 0 Å². The number of aliphatic hydroxyl groups excluding tert-OH is 2. The molecule has 0 aromatic heterocycles. The van der Waals surface area contributed by atoms with Gasteiger partial charge in [0, 0.05) is 5.92 Å². The summed E-state index contributed by atoms with van der Waals surface area (Å²) in [7, 11) is 0. The topological polar surface area (TPSA) is 77.8 Å². The summed E-state index contributed by atoms with van der Waals surface area (Å²) in [5.41, 5.74) is 0. The highest BCUT2D eigenvalue weighted by molar-refractivity contribution is 5.71. The molecule has 4 heteroatoms. The lowest BCUT2D eigenvalue weighted by atomic mass is 9.87. The minimum absolute atomic E-state index is 0.00565. The molecule has 0 amide bonds. The van der Waals surface area contributed by atoms with Crippen LogP contribution in [0.5, 0.6) is 0 Å². The van der Waals surface area contributed by atoms with Crippen LogP contribution in [0.1, 0.15) is 12.8 Å². The Labute approximate surface area is 69.8 Å². The van der Waals surface area contributed by atoms with E-state index in [1.807, 2.05) is 0 Å². The molecule has 0 aromatic rings. The summed E-state index contributed by atoms with van der Waals surface area (Å²) in [5.74, 6) is -1.84. The minimum atomic E-state index is -0.889. The molecular formula is C8H12O4. The summed E-state index contributed by atoms with van der Waals surface area (Å²) in [6, 6.07) is 0. The summed E-state index contributed by atoms with van der Waals surface area (Å²) in [6.07, 6.45) is -0.116. The van der Waals surface area contributed by atoms with Crippen LogP contribution in [0.3, 0.4) is 0 Å². The van der Waals surface area contributed by atoms with Gasteiger partial charge in [-0.05, 0) is 18.8 Å². The summed E-state index contributed by atoms with van der Waals surface area (Å²) in [4.78, 5) is 10.7. The van der Waals surface area contributed by atoms with Crippen molar-refractivity contribution < 1.29 is 20.1 Å². The maximum atomic E-state index is 10.7. The molecule has 5 atom stereocenters. The van der Waals surface area contributed by atoms with E-state index in [2.05, 4.69) is 0 Å². The first-order valence-corrected chi connectivity index (χ1v) is 4.20. The van der Waals surface area contributed by atoms with E-state index in [0.29, 0.717) is 12.8 Å². The van der Waals surface area contributed by atoms with Gasteiger partial charge in [-0.1, -0.05) is 0 Å². The predicted octanol–water partition coefficient (Wildman–Crippen LogP) is -0.551. The Hall–Kier alpha value is -0.610. The molecule has 3 N–H and O–H groups in total. The summed E-state index contributed by atoms with van der Waals surface area (Å²) < 4.78 is 0. The molecule has 0 saturated heterocycles. The van der Waals surface area contributed by atoms with Crippen molar-refractivity contribution in [1.82, 2.24) is 0 Å². The van der Waals surface area contributed by atoms with Crippen molar-refractivity contribution in [1.29, 1.82) is 0 Å². The van der Waals surface area contributed by atoms with Gasteiger partial charge in [-0.25, -0.2) is 0 Å². The average Bonchev–Trinajstić information content (AvgIpc) is 2.42. The Bertz CT molecular complexity index is 215. The number of carbonyl (C=O) groups is 1. The Balaban J connectivity index is 2.19. The number of fused-ring (bicyclic) bond motifs is 2. The smallest absolute Gasteiger partial charge is 0.306 e. The van der Waals surface area contributed by atoms with Gasteiger partial charge in [-0.3, -0.25) is 4.79 Å². The van der Waals surface area contributed by atoms with Crippen molar-refractivity contribution in [3.05, 3.63) is 0 Å². The molecule has 2 bridgehead atoms. The quantitative estimate of drug-likeness (QED) is 0.496. The number of hydrogen-bond acceptors (Lipinski definition) is 3. The van der Waals surface area contributed by atoms with Crippen molar-refractivity contribution in [2.24, 2.45) is 17.8 Å². The van der Waals surface area contributed by atoms with Crippen LogP contribution in [-0.4, -0.2) is 33.5 Å². The average molecular weight is 172 g/mol. The fraction of sp³-hybridized carbons (Fsp3) is 0.875. The molecule has 0 heterocycles. The van der Waals surface area contributed by atoms with E-state index in [0.717, 1.165) is 0 Å². The lowest BCUT2D eigenvalue weighted by Gasteiger charge is -2.21. The molecule has 0 aliphatic heterocycles. The SMILES string of the molecule is O=C(O)C1CC2CC(O)C1C2O. The normalized spacial score (nSPS) is 51.3. The van der Waals surface area contributed by atoms with Gasteiger partial charge in [0.25, 0.3) is 0 Å². The number of carboxylic acid groups (broad SMARTS) is 1. The van der Waals surface area contributed by atoms with Crippen molar-refractivity contribution in [2.75, 3.05) is 0 Å². The van der Waals surface area contributed by atoms with Gasteiger partial charge in [-0.15, -0.1) is 0 Å². The molecule has 2 saturated carbocycles. The Morgan fingerprint density at radius 1 is 1.25 bits per heavy atom. The van der Waals surface area contributed by atoms with E-state index in [-0.39, 0.29) is 5.92 Å². The highest BCUT2D eigenvalue weighted by Gasteiger charge is 2.55. The second kappa shape index (κ2) is 2.44. The fourth-order valence-electron chi connectivity index (χ4n) is 2.64. The van der Waals surface area contributed by atoms with E-state index in [1.54, 1.807) is 0 Å². The van der Waals surface area contributed by atoms with E-state index in [9.17, 15) is 15.0 Å². The van der Waals surface area contributed by atoms with Gasteiger partial charge in [0.2, 0.25) is 0 Å². The van der Waals surface area contributed by atoms with Crippen LogP contribution in [0.25, 0.3) is 0 Å². The monoisotopic (exact) mass is 172 g/mol. The number of carboxylic acids is 1. The van der Waals surface area contributed by atoms with Crippen molar-refractivity contribution in [2.45, 2.75) is 25.0 Å². The maximum Gasteiger partial charge on any atom is 0.306 e. The van der Waals surface area contributed by atoms with Gasteiger partial charge < -0.3 is 15.3 Å². The van der Waals surface area contributed by atoms with E-state index in [4.69, 9.17) is 5.11 Å². The molecular weight excluding hydrogens is 160 g/mol. The molecule has 4 nitrogen and oxygen atoms in total.